The van der Waals surface area contributed by atoms with Crippen molar-refractivity contribution in [3.8, 4) is 0 Å². The minimum absolute atomic E-state index is 0.116. The van der Waals surface area contributed by atoms with E-state index in [1.807, 2.05) is 35.9 Å². The van der Waals surface area contributed by atoms with Crippen LogP contribution in [0.3, 0.4) is 0 Å². The van der Waals surface area contributed by atoms with Crippen LogP contribution in [0.25, 0.3) is 0 Å². The summed E-state index contributed by atoms with van der Waals surface area (Å²) in [7, 11) is -3.00. The number of rotatable bonds is 5. The molecule has 4 rings (SSSR count). The number of aromatic nitrogens is 2. The van der Waals surface area contributed by atoms with Gasteiger partial charge in [0.2, 0.25) is 0 Å². The molecule has 1 aromatic carbocycles. The highest BCUT2D eigenvalue weighted by Crippen LogP contribution is 2.42. The fourth-order valence-electron chi connectivity index (χ4n) is 4.06. The first kappa shape index (κ1) is 19.2. The molecule has 2 aromatic rings. The molecule has 1 N–H and O–H groups in total. The molecule has 0 bridgehead atoms. The highest BCUT2D eigenvalue weighted by atomic mass is 32.2. The summed E-state index contributed by atoms with van der Waals surface area (Å²) < 4.78 is 25.6. The van der Waals surface area contributed by atoms with Crippen LogP contribution in [0.2, 0.25) is 0 Å². The smallest absolute Gasteiger partial charge is 0.276 e. The molecule has 6 nitrogen and oxygen atoms in total. The Morgan fingerprint density at radius 2 is 1.96 bits per heavy atom. The Morgan fingerprint density at radius 3 is 2.54 bits per heavy atom. The lowest BCUT2D eigenvalue weighted by molar-refractivity contribution is 0.102. The second kappa shape index (κ2) is 7.03. The molecule has 2 heterocycles. The topological polar surface area (TPSA) is 81.1 Å². The first-order valence-corrected chi connectivity index (χ1v) is 11.8. The van der Waals surface area contributed by atoms with Crippen LogP contribution >= 0.6 is 0 Å². The lowest BCUT2D eigenvalue weighted by Crippen LogP contribution is -2.17. The standard InChI is InChI=1S/C21H27N3O3S/c1-13(2)18-7-6-16(10-14(18)3)22-21(25)19-11-20(15-4-5-15)24(23-19)17-8-9-28(26,27)12-17/h6-7,10-11,13,15,17H,4-5,8-9,12H2,1-3H3,(H,22,25). The molecular weight excluding hydrogens is 374 g/mol. The van der Waals surface area contributed by atoms with Crippen molar-refractivity contribution in [1.29, 1.82) is 0 Å². The lowest BCUT2D eigenvalue weighted by Gasteiger charge is -2.13. The third kappa shape index (κ3) is 3.85. The quantitative estimate of drug-likeness (QED) is 0.826. The van der Waals surface area contributed by atoms with E-state index in [4.69, 9.17) is 0 Å². The third-order valence-electron chi connectivity index (χ3n) is 5.70. The molecule has 1 amide bonds. The van der Waals surface area contributed by atoms with Crippen molar-refractivity contribution in [3.63, 3.8) is 0 Å². The van der Waals surface area contributed by atoms with Gasteiger partial charge in [-0.2, -0.15) is 5.10 Å². The Morgan fingerprint density at radius 1 is 1.21 bits per heavy atom. The summed E-state index contributed by atoms with van der Waals surface area (Å²) in [5.74, 6) is 0.892. The molecule has 7 heteroatoms. The summed E-state index contributed by atoms with van der Waals surface area (Å²) in [6.45, 7) is 6.34. The number of amides is 1. The Balaban J connectivity index is 1.57. The third-order valence-corrected chi connectivity index (χ3v) is 7.45. The average Bonchev–Trinajstić information content (AvgIpc) is 3.25. The van der Waals surface area contributed by atoms with Gasteiger partial charge in [0.1, 0.15) is 0 Å². The Hall–Kier alpha value is -2.15. The second-order valence-electron chi connectivity index (χ2n) is 8.41. The molecule has 1 atom stereocenters. The molecule has 2 aliphatic rings. The Labute approximate surface area is 166 Å². The Bertz CT molecular complexity index is 1020. The maximum Gasteiger partial charge on any atom is 0.276 e. The zero-order chi connectivity index (χ0) is 20.1. The van der Waals surface area contributed by atoms with E-state index >= 15 is 0 Å². The van der Waals surface area contributed by atoms with E-state index in [0.717, 1.165) is 29.8 Å². The number of anilines is 1. The molecule has 2 fully saturated rings. The van der Waals surface area contributed by atoms with Crippen LogP contribution in [-0.2, 0) is 9.84 Å². The highest BCUT2D eigenvalue weighted by molar-refractivity contribution is 7.91. The van der Waals surface area contributed by atoms with E-state index < -0.39 is 9.84 Å². The predicted octanol–water partition coefficient (Wildman–Crippen LogP) is 3.80. The molecule has 1 aliphatic heterocycles. The van der Waals surface area contributed by atoms with Crippen molar-refractivity contribution >= 4 is 21.4 Å². The van der Waals surface area contributed by atoms with Crippen LogP contribution in [0.4, 0.5) is 5.69 Å². The van der Waals surface area contributed by atoms with Gasteiger partial charge >= 0.3 is 0 Å². The zero-order valence-corrected chi connectivity index (χ0v) is 17.4. The monoisotopic (exact) mass is 401 g/mol. The van der Waals surface area contributed by atoms with Gasteiger partial charge in [0.05, 0.1) is 17.5 Å². The molecule has 28 heavy (non-hydrogen) atoms. The van der Waals surface area contributed by atoms with Crippen molar-refractivity contribution in [1.82, 2.24) is 9.78 Å². The summed E-state index contributed by atoms with van der Waals surface area (Å²) in [5, 5.41) is 7.46. The van der Waals surface area contributed by atoms with Crippen LogP contribution < -0.4 is 5.32 Å². The molecule has 1 saturated heterocycles. The van der Waals surface area contributed by atoms with E-state index in [0.29, 0.717) is 24.0 Å². The maximum absolute atomic E-state index is 12.8. The van der Waals surface area contributed by atoms with E-state index in [1.165, 1.54) is 5.56 Å². The van der Waals surface area contributed by atoms with E-state index in [2.05, 4.69) is 24.3 Å². The molecule has 0 radical (unpaired) electrons. The molecular formula is C21H27N3O3S. The number of sulfone groups is 1. The van der Waals surface area contributed by atoms with Gasteiger partial charge in [-0.05, 0) is 61.4 Å². The fraction of sp³-hybridized carbons (Fsp3) is 0.524. The fourth-order valence-corrected chi connectivity index (χ4v) is 5.75. The number of carbonyl (C=O) groups excluding carboxylic acids is 1. The summed E-state index contributed by atoms with van der Waals surface area (Å²) >= 11 is 0. The van der Waals surface area contributed by atoms with Crippen molar-refractivity contribution in [2.45, 2.75) is 57.9 Å². The number of aryl methyl sites for hydroxylation is 1. The first-order chi connectivity index (χ1) is 13.2. The minimum Gasteiger partial charge on any atom is -0.321 e. The number of hydrogen-bond donors (Lipinski definition) is 1. The van der Waals surface area contributed by atoms with Gasteiger partial charge in [0, 0.05) is 17.3 Å². The zero-order valence-electron chi connectivity index (χ0n) is 16.6. The van der Waals surface area contributed by atoms with E-state index in [-0.39, 0.29) is 23.5 Å². The van der Waals surface area contributed by atoms with Crippen LogP contribution in [0.5, 0.6) is 0 Å². The van der Waals surface area contributed by atoms with Crippen molar-refractivity contribution in [2.75, 3.05) is 16.8 Å². The van der Waals surface area contributed by atoms with E-state index in [1.54, 1.807) is 0 Å². The average molecular weight is 402 g/mol. The van der Waals surface area contributed by atoms with Gasteiger partial charge in [-0.15, -0.1) is 0 Å². The van der Waals surface area contributed by atoms with Gasteiger partial charge in [-0.25, -0.2) is 8.42 Å². The van der Waals surface area contributed by atoms with Crippen molar-refractivity contribution < 1.29 is 13.2 Å². The molecule has 1 aliphatic carbocycles. The SMILES string of the molecule is Cc1cc(NC(=O)c2cc(C3CC3)n(C3CCS(=O)(=O)C3)n2)ccc1C(C)C. The molecule has 150 valence electrons. The van der Waals surface area contributed by atoms with Gasteiger partial charge in [0.15, 0.2) is 15.5 Å². The van der Waals surface area contributed by atoms with Gasteiger partial charge in [-0.1, -0.05) is 19.9 Å². The predicted molar refractivity (Wildman–Crippen MR) is 110 cm³/mol. The number of carbonyl (C=O) groups is 1. The van der Waals surface area contributed by atoms with Crippen molar-refractivity contribution in [3.05, 3.63) is 46.8 Å². The minimum atomic E-state index is -3.00. The summed E-state index contributed by atoms with van der Waals surface area (Å²) in [4.78, 5) is 12.8. The normalized spacial score (nSPS) is 21.2. The number of nitrogens with zero attached hydrogens (tertiary/aromatic N) is 2. The van der Waals surface area contributed by atoms with Crippen molar-refractivity contribution in [2.24, 2.45) is 0 Å². The summed E-state index contributed by atoms with van der Waals surface area (Å²) in [6.07, 6.45) is 2.71. The van der Waals surface area contributed by atoms with Gasteiger partial charge in [-0.3, -0.25) is 9.48 Å². The van der Waals surface area contributed by atoms with E-state index in [9.17, 15) is 13.2 Å². The molecule has 1 aromatic heterocycles. The lowest BCUT2D eigenvalue weighted by atomic mass is 9.98. The summed E-state index contributed by atoms with van der Waals surface area (Å²) in [6, 6.07) is 7.63. The van der Waals surface area contributed by atoms with Crippen LogP contribution in [0, 0.1) is 6.92 Å². The first-order valence-electron chi connectivity index (χ1n) is 9.95. The largest absolute Gasteiger partial charge is 0.321 e. The van der Waals surface area contributed by atoms with Crippen LogP contribution in [-0.4, -0.2) is 35.6 Å². The molecule has 0 spiro atoms. The number of nitrogens with one attached hydrogen (secondary N) is 1. The second-order valence-corrected chi connectivity index (χ2v) is 10.6. The van der Waals surface area contributed by atoms with Crippen LogP contribution in [0.1, 0.15) is 78.3 Å². The number of hydrogen-bond acceptors (Lipinski definition) is 4. The Kier molecular flexibility index (Phi) is 4.81. The summed E-state index contributed by atoms with van der Waals surface area (Å²) in [5.41, 5.74) is 4.52. The van der Waals surface area contributed by atoms with Crippen LogP contribution in [0.15, 0.2) is 24.3 Å². The highest BCUT2D eigenvalue weighted by Gasteiger charge is 2.36. The van der Waals surface area contributed by atoms with Gasteiger partial charge in [0.25, 0.3) is 5.91 Å². The maximum atomic E-state index is 12.8. The molecule has 1 saturated carbocycles. The molecule has 1 unspecified atom stereocenters. The van der Waals surface area contributed by atoms with Gasteiger partial charge < -0.3 is 5.32 Å². The number of benzene rings is 1.